The van der Waals surface area contributed by atoms with Crippen LogP contribution >= 0.6 is 11.6 Å². The summed E-state index contributed by atoms with van der Waals surface area (Å²) in [5.74, 6) is 0.667. The van der Waals surface area contributed by atoms with Crippen LogP contribution in [-0.4, -0.2) is 45.2 Å². The first-order valence-electron chi connectivity index (χ1n) is 14.7. The summed E-state index contributed by atoms with van der Waals surface area (Å²) >= 11 is 6.40. The third kappa shape index (κ3) is 5.47. The number of anilines is 1. The van der Waals surface area contributed by atoms with Crippen molar-refractivity contribution in [1.29, 1.82) is 0 Å². The van der Waals surface area contributed by atoms with Crippen LogP contribution in [0.2, 0.25) is 23.2 Å². The third-order valence-corrected chi connectivity index (χ3v) is 14.8. The number of ether oxygens (including phenoxy) is 1. The van der Waals surface area contributed by atoms with Gasteiger partial charge in [-0.25, -0.2) is 4.79 Å². The number of benzene rings is 2. The van der Waals surface area contributed by atoms with Crippen molar-refractivity contribution in [1.82, 2.24) is 0 Å². The van der Waals surface area contributed by atoms with Gasteiger partial charge in [0.1, 0.15) is 5.75 Å². The number of nitrogens with zero attached hydrogens (tertiary/aromatic N) is 1. The molecule has 1 N–H and O–H groups in total. The molecule has 216 valence electrons. The van der Waals surface area contributed by atoms with Gasteiger partial charge in [-0.3, -0.25) is 0 Å². The highest BCUT2D eigenvalue weighted by Gasteiger charge is 2.46. The highest BCUT2D eigenvalue weighted by Crippen LogP contribution is 2.48. The Kier molecular flexibility index (Phi) is 7.92. The molecule has 5 rings (SSSR count). The second-order valence-electron chi connectivity index (χ2n) is 13.7. The monoisotopic (exact) mass is 581 g/mol. The van der Waals surface area contributed by atoms with E-state index in [1.165, 1.54) is 11.1 Å². The molecule has 2 aliphatic carbocycles. The molecular formula is C33H44ClNO4Si. The van der Waals surface area contributed by atoms with Gasteiger partial charge in [0.2, 0.25) is 0 Å². The number of hydrogen-bond donors (Lipinski definition) is 1. The van der Waals surface area contributed by atoms with E-state index >= 15 is 0 Å². The lowest BCUT2D eigenvalue weighted by Gasteiger charge is -2.48. The first-order chi connectivity index (χ1) is 18.8. The van der Waals surface area contributed by atoms with E-state index < -0.39 is 14.3 Å². The minimum Gasteiger partial charge on any atom is -0.490 e. The van der Waals surface area contributed by atoms with Gasteiger partial charge < -0.3 is 19.2 Å². The third-order valence-electron chi connectivity index (χ3n) is 10.1. The summed E-state index contributed by atoms with van der Waals surface area (Å²) < 4.78 is 13.4. The molecule has 40 heavy (non-hydrogen) atoms. The summed E-state index contributed by atoms with van der Waals surface area (Å²) in [4.78, 5) is 14.4. The van der Waals surface area contributed by atoms with Crippen molar-refractivity contribution in [2.45, 2.75) is 82.5 Å². The van der Waals surface area contributed by atoms with Gasteiger partial charge in [-0.15, -0.1) is 6.58 Å². The van der Waals surface area contributed by atoms with Crippen LogP contribution in [0.25, 0.3) is 0 Å². The van der Waals surface area contributed by atoms with Gasteiger partial charge in [-0.1, -0.05) is 44.5 Å². The lowest BCUT2D eigenvalue weighted by Crippen LogP contribution is -2.52. The lowest BCUT2D eigenvalue weighted by molar-refractivity contribution is 0.0528. The van der Waals surface area contributed by atoms with Crippen LogP contribution in [0.4, 0.5) is 5.69 Å². The summed E-state index contributed by atoms with van der Waals surface area (Å²) in [7, 11) is -1.96. The van der Waals surface area contributed by atoms with Crippen molar-refractivity contribution in [2.24, 2.45) is 11.8 Å². The van der Waals surface area contributed by atoms with Crippen LogP contribution in [0.1, 0.15) is 67.9 Å². The van der Waals surface area contributed by atoms with Crippen LogP contribution < -0.4 is 9.64 Å². The Hall–Kier alpha value is -2.28. The van der Waals surface area contributed by atoms with Crippen molar-refractivity contribution in [2.75, 3.05) is 24.6 Å². The Balaban J connectivity index is 1.48. The highest BCUT2D eigenvalue weighted by molar-refractivity contribution is 6.74. The van der Waals surface area contributed by atoms with E-state index in [1.54, 1.807) is 12.1 Å². The van der Waals surface area contributed by atoms with Gasteiger partial charge in [0.25, 0.3) is 0 Å². The molecule has 1 fully saturated rings. The first-order valence-corrected chi connectivity index (χ1v) is 18.0. The van der Waals surface area contributed by atoms with Crippen molar-refractivity contribution >= 4 is 31.6 Å². The zero-order chi connectivity index (χ0) is 28.9. The summed E-state index contributed by atoms with van der Waals surface area (Å²) in [6, 6.07) is 11.6. The average molecular weight is 582 g/mol. The van der Waals surface area contributed by atoms with Crippen molar-refractivity contribution in [3.63, 3.8) is 0 Å². The van der Waals surface area contributed by atoms with Crippen LogP contribution in [-0.2, 0) is 16.3 Å². The number of halogens is 1. The molecule has 4 atom stereocenters. The van der Waals surface area contributed by atoms with Gasteiger partial charge in [0.15, 0.2) is 8.32 Å². The largest absolute Gasteiger partial charge is 0.490 e. The molecule has 1 saturated carbocycles. The Bertz CT molecular complexity index is 1290. The van der Waals surface area contributed by atoms with E-state index in [2.05, 4.69) is 57.5 Å². The van der Waals surface area contributed by atoms with Gasteiger partial charge in [0.05, 0.1) is 24.0 Å². The molecule has 1 spiro atoms. The van der Waals surface area contributed by atoms with Crippen LogP contribution in [0.15, 0.2) is 49.1 Å². The van der Waals surface area contributed by atoms with Gasteiger partial charge in [-0.2, -0.15) is 0 Å². The fourth-order valence-corrected chi connectivity index (χ4v) is 8.11. The Morgan fingerprint density at radius 1 is 1.27 bits per heavy atom. The molecular weight excluding hydrogens is 538 g/mol. The van der Waals surface area contributed by atoms with Gasteiger partial charge in [0, 0.05) is 23.5 Å². The van der Waals surface area contributed by atoms with Crippen molar-refractivity contribution in [3.8, 4) is 5.75 Å². The molecule has 0 amide bonds. The molecule has 5 nitrogen and oxygen atoms in total. The topological polar surface area (TPSA) is 59.0 Å². The van der Waals surface area contributed by atoms with Crippen LogP contribution in [0.3, 0.4) is 0 Å². The number of aromatic carboxylic acids is 1. The zero-order valence-corrected chi connectivity index (χ0v) is 26.4. The quantitative estimate of drug-likeness (QED) is 0.264. The molecule has 2 unspecified atom stereocenters. The predicted molar refractivity (Wildman–Crippen MR) is 166 cm³/mol. The molecule has 0 bridgehead atoms. The Labute approximate surface area is 245 Å². The maximum atomic E-state index is 12.0. The summed E-state index contributed by atoms with van der Waals surface area (Å²) in [5.41, 5.74) is 3.60. The molecule has 2 aromatic rings. The lowest BCUT2D eigenvalue weighted by atomic mass is 9.68. The molecule has 0 aromatic heterocycles. The van der Waals surface area contributed by atoms with E-state index in [4.69, 9.17) is 20.8 Å². The first kappa shape index (κ1) is 29.2. The van der Waals surface area contributed by atoms with E-state index in [1.807, 2.05) is 18.2 Å². The molecule has 7 heteroatoms. The van der Waals surface area contributed by atoms with Crippen molar-refractivity contribution in [3.05, 3.63) is 70.8 Å². The number of rotatable bonds is 7. The summed E-state index contributed by atoms with van der Waals surface area (Å²) in [6.45, 7) is 17.8. The second-order valence-corrected chi connectivity index (χ2v) is 18.9. The molecule has 2 aromatic carbocycles. The summed E-state index contributed by atoms with van der Waals surface area (Å²) in [6.07, 6.45) is 7.41. The van der Waals surface area contributed by atoms with E-state index in [0.717, 1.165) is 61.7 Å². The standard InChI is InChI=1S/C33H44ClNO4Si/c1-7-29(39-40(5,6)32(2,3)4)26-13-10-24(26)19-35-20-33(16-8-9-22-17-25(34)12-14-27(22)33)21-38-30-15-11-23(31(36)37)18-28(30)35/h7,11-12,14-15,17-18,24,26,29H,1,8-10,13,16,19-21H2,2-6H3,(H,36,37)/t24-,26+,29?,33?/m0/s1. The maximum absolute atomic E-state index is 12.0. The number of fused-ring (bicyclic) bond motifs is 3. The summed E-state index contributed by atoms with van der Waals surface area (Å²) in [5, 5.41) is 10.7. The van der Waals surface area contributed by atoms with Gasteiger partial charge in [-0.05, 0) is 104 Å². The number of aryl methyl sites for hydroxylation is 1. The smallest absolute Gasteiger partial charge is 0.335 e. The molecule has 0 radical (unpaired) electrons. The number of carboxylic acid groups (broad SMARTS) is 1. The zero-order valence-electron chi connectivity index (χ0n) is 24.6. The van der Waals surface area contributed by atoms with E-state index in [9.17, 15) is 9.90 Å². The fraction of sp³-hybridized carbons (Fsp3) is 0.545. The molecule has 1 heterocycles. The number of carboxylic acids is 1. The van der Waals surface area contributed by atoms with E-state index in [0.29, 0.717) is 18.4 Å². The Morgan fingerprint density at radius 2 is 2.05 bits per heavy atom. The minimum absolute atomic E-state index is 0.0270. The van der Waals surface area contributed by atoms with Crippen molar-refractivity contribution < 1.29 is 19.1 Å². The number of carbonyl (C=O) groups is 1. The van der Waals surface area contributed by atoms with Crippen LogP contribution in [0, 0.1) is 11.8 Å². The molecule has 3 aliphatic rings. The Morgan fingerprint density at radius 3 is 2.70 bits per heavy atom. The van der Waals surface area contributed by atoms with E-state index in [-0.39, 0.29) is 22.1 Å². The SMILES string of the molecule is C=CC(O[Si](C)(C)C(C)(C)C)[C@@H]1CC[C@H]1CN1CC2(CCCc3cc(Cl)ccc32)COc2ccc(C(=O)O)cc21. The second kappa shape index (κ2) is 10.8. The molecule has 1 aliphatic heterocycles. The highest BCUT2D eigenvalue weighted by atomic mass is 35.5. The normalized spacial score (nSPS) is 25.2. The van der Waals surface area contributed by atoms with Gasteiger partial charge >= 0.3 is 5.97 Å². The predicted octanol–water partition coefficient (Wildman–Crippen LogP) is 8.11. The average Bonchev–Trinajstić information content (AvgIpc) is 3.02. The maximum Gasteiger partial charge on any atom is 0.335 e. The minimum atomic E-state index is -1.96. The number of hydrogen-bond acceptors (Lipinski definition) is 4. The fourth-order valence-electron chi connectivity index (χ4n) is 6.61. The van der Waals surface area contributed by atoms with Crippen LogP contribution in [0.5, 0.6) is 5.75 Å². The molecule has 0 saturated heterocycles.